The molecule has 1 fully saturated rings. The summed E-state index contributed by atoms with van der Waals surface area (Å²) in [5, 5.41) is 5.55. The van der Waals surface area contributed by atoms with Crippen molar-refractivity contribution in [2.75, 3.05) is 12.4 Å². The third-order valence-electron chi connectivity index (χ3n) is 3.45. The minimum Gasteiger partial charge on any atom is -0.365 e. The molecule has 1 N–H and O–H groups in total. The fraction of sp³-hybridized carbons (Fsp3) is 0.500. The number of thiazole rings is 2. The van der Waals surface area contributed by atoms with Crippen LogP contribution < -0.4 is 5.32 Å². The second kappa shape index (κ2) is 4.42. The first-order valence-corrected chi connectivity index (χ1v) is 7.75. The van der Waals surface area contributed by atoms with E-state index in [0.29, 0.717) is 5.69 Å². The van der Waals surface area contributed by atoms with Crippen LogP contribution in [0.5, 0.6) is 0 Å². The molecule has 0 atom stereocenters. The predicted molar refractivity (Wildman–Crippen MR) is 74.5 cm³/mol. The van der Waals surface area contributed by atoms with Gasteiger partial charge in [0, 0.05) is 12.4 Å². The van der Waals surface area contributed by atoms with Gasteiger partial charge in [-0.15, -0.1) is 11.3 Å². The number of nitrogens with zero attached hydrogens (tertiary/aromatic N) is 2. The van der Waals surface area contributed by atoms with Crippen LogP contribution in [-0.2, 0) is 5.41 Å². The van der Waals surface area contributed by atoms with Crippen molar-refractivity contribution < 1.29 is 13.2 Å². The summed E-state index contributed by atoms with van der Waals surface area (Å²) in [5.41, 5.74) is -0.314. The van der Waals surface area contributed by atoms with E-state index in [-0.39, 0.29) is 17.8 Å². The summed E-state index contributed by atoms with van der Waals surface area (Å²) < 4.78 is 39.2. The Morgan fingerprint density at radius 1 is 1.30 bits per heavy atom. The van der Waals surface area contributed by atoms with E-state index < -0.39 is 11.6 Å². The molecule has 3 nitrogen and oxygen atoms in total. The van der Waals surface area contributed by atoms with E-state index in [1.54, 1.807) is 12.4 Å². The van der Waals surface area contributed by atoms with Gasteiger partial charge in [-0.2, -0.15) is 13.2 Å². The molecule has 8 heteroatoms. The van der Waals surface area contributed by atoms with Gasteiger partial charge in [0.25, 0.3) is 0 Å². The van der Waals surface area contributed by atoms with Gasteiger partial charge in [-0.1, -0.05) is 11.3 Å². The average Bonchev–Trinajstić information content (AvgIpc) is 2.91. The Hall–Kier alpha value is -1.15. The number of aromatic nitrogens is 2. The molecule has 0 aliphatic heterocycles. The van der Waals surface area contributed by atoms with Crippen LogP contribution in [0.15, 0.2) is 5.38 Å². The highest BCUT2D eigenvalue weighted by molar-refractivity contribution is 7.19. The topological polar surface area (TPSA) is 37.8 Å². The van der Waals surface area contributed by atoms with Gasteiger partial charge in [-0.3, -0.25) is 0 Å². The molecule has 2 heterocycles. The largest absolute Gasteiger partial charge is 0.400 e. The van der Waals surface area contributed by atoms with Crippen LogP contribution in [-0.4, -0.2) is 23.2 Å². The maximum atomic E-state index is 13.1. The quantitative estimate of drug-likeness (QED) is 0.921. The molecular weight excluding hydrogens is 307 g/mol. The predicted octanol–water partition coefficient (Wildman–Crippen LogP) is 4.21. The third-order valence-corrected chi connectivity index (χ3v) is 5.69. The Kier molecular flexibility index (Phi) is 3.06. The molecule has 0 aromatic carbocycles. The van der Waals surface area contributed by atoms with E-state index in [9.17, 15) is 13.2 Å². The van der Waals surface area contributed by atoms with Gasteiger partial charge in [0.1, 0.15) is 10.4 Å². The van der Waals surface area contributed by atoms with Gasteiger partial charge >= 0.3 is 6.18 Å². The summed E-state index contributed by atoms with van der Waals surface area (Å²) in [4.78, 5) is 9.35. The molecule has 0 unspecified atom stereocenters. The number of hydrogen-bond acceptors (Lipinski definition) is 5. The molecule has 1 saturated carbocycles. The Bertz CT molecular complexity index is 641. The van der Waals surface area contributed by atoms with Crippen LogP contribution >= 0.6 is 22.7 Å². The van der Waals surface area contributed by atoms with Crippen molar-refractivity contribution in [3.8, 4) is 10.6 Å². The average molecular weight is 319 g/mol. The Morgan fingerprint density at radius 3 is 2.50 bits per heavy atom. The Morgan fingerprint density at radius 2 is 2.00 bits per heavy atom. The van der Waals surface area contributed by atoms with E-state index >= 15 is 0 Å². The molecule has 3 rings (SSSR count). The molecule has 0 amide bonds. The standard InChI is InChI=1S/C12H12F3N3S2/c1-6-8(20-10(16-2)17-6)7-5-19-9(18-7)11(3-4-11)12(13,14)15/h5H,3-4H2,1-2H3,(H,16,17). The molecule has 0 radical (unpaired) electrons. The maximum Gasteiger partial charge on any atom is 0.400 e. The number of aryl methyl sites for hydroxylation is 1. The van der Waals surface area contributed by atoms with E-state index in [4.69, 9.17) is 0 Å². The molecule has 1 aliphatic rings. The molecule has 2 aromatic heterocycles. The second-order valence-electron chi connectivity index (χ2n) is 4.80. The first kappa shape index (κ1) is 13.8. The lowest BCUT2D eigenvalue weighted by molar-refractivity contribution is -0.160. The first-order chi connectivity index (χ1) is 9.37. The van der Waals surface area contributed by atoms with Gasteiger partial charge in [0.05, 0.1) is 16.3 Å². The van der Waals surface area contributed by atoms with Gasteiger partial charge in [-0.25, -0.2) is 9.97 Å². The summed E-state index contributed by atoms with van der Waals surface area (Å²) in [6, 6.07) is 0. The van der Waals surface area contributed by atoms with Crippen molar-refractivity contribution in [3.63, 3.8) is 0 Å². The summed E-state index contributed by atoms with van der Waals surface area (Å²) >= 11 is 2.50. The van der Waals surface area contributed by atoms with Gasteiger partial charge in [0.2, 0.25) is 0 Å². The Balaban J connectivity index is 1.97. The van der Waals surface area contributed by atoms with Crippen molar-refractivity contribution in [1.82, 2.24) is 9.97 Å². The monoisotopic (exact) mass is 319 g/mol. The van der Waals surface area contributed by atoms with Crippen molar-refractivity contribution in [2.24, 2.45) is 0 Å². The van der Waals surface area contributed by atoms with Crippen LogP contribution in [0.4, 0.5) is 18.3 Å². The van der Waals surface area contributed by atoms with Crippen LogP contribution in [0, 0.1) is 6.92 Å². The fourth-order valence-corrected chi connectivity index (χ4v) is 4.13. The van der Waals surface area contributed by atoms with E-state index in [1.165, 1.54) is 11.3 Å². The van der Waals surface area contributed by atoms with Crippen LogP contribution in [0.2, 0.25) is 0 Å². The SMILES string of the molecule is CNc1nc(C)c(-c2csc(C3(C(F)(F)F)CC3)n2)s1. The molecular formula is C12H12F3N3S2. The minimum absolute atomic E-state index is 0.146. The van der Waals surface area contributed by atoms with Crippen molar-refractivity contribution in [3.05, 3.63) is 16.1 Å². The summed E-state index contributed by atoms with van der Waals surface area (Å²) in [5.74, 6) is 0. The highest BCUT2D eigenvalue weighted by Gasteiger charge is 2.66. The molecule has 1 aliphatic carbocycles. The summed E-state index contributed by atoms with van der Waals surface area (Å²) in [6.07, 6.45) is -3.92. The lowest BCUT2D eigenvalue weighted by Crippen LogP contribution is -2.28. The number of anilines is 1. The molecule has 108 valence electrons. The van der Waals surface area contributed by atoms with E-state index in [2.05, 4.69) is 15.3 Å². The molecule has 0 saturated heterocycles. The van der Waals surface area contributed by atoms with Crippen LogP contribution in [0.25, 0.3) is 10.6 Å². The highest BCUT2D eigenvalue weighted by Crippen LogP contribution is 2.59. The minimum atomic E-state index is -4.21. The number of rotatable bonds is 3. The van der Waals surface area contributed by atoms with Gasteiger partial charge < -0.3 is 5.32 Å². The molecule has 0 spiro atoms. The molecule has 2 aromatic rings. The van der Waals surface area contributed by atoms with Crippen molar-refractivity contribution in [1.29, 1.82) is 0 Å². The van der Waals surface area contributed by atoms with Crippen molar-refractivity contribution in [2.45, 2.75) is 31.4 Å². The van der Waals surface area contributed by atoms with Gasteiger partial charge in [0.15, 0.2) is 5.13 Å². The lowest BCUT2D eigenvalue weighted by Gasteiger charge is -2.15. The zero-order valence-electron chi connectivity index (χ0n) is 10.8. The zero-order valence-corrected chi connectivity index (χ0v) is 12.5. The Labute approximate surface area is 121 Å². The van der Waals surface area contributed by atoms with Crippen molar-refractivity contribution >= 4 is 27.8 Å². The smallest absolute Gasteiger partial charge is 0.365 e. The van der Waals surface area contributed by atoms with E-state index in [0.717, 1.165) is 27.0 Å². The molecule has 20 heavy (non-hydrogen) atoms. The zero-order chi connectivity index (χ0) is 14.5. The maximum absolute atomic E-state index is 13.1. The number of halogens is 3. The first-order valence-electron chi connectivity index (χ1n) is 6.06. The number of alkyl halides is 3. The fourth-order valence-electron chi connectivity index (χ4n) is 2.08. The summed E-state index contributed by atoms with van der Waals surface area (Å²) in [6.45, 7) is 1.84. The van der Waals surface area contributed by atoms with Gasteiger partial charge in [-0.05, 0) is 19.8 Å². The summed E-state index contributed by atoms with van der Waals surface area (Å²) in [7, 11) is 1.76. The van der Waals surface area contributed by atoms with E-state index in [1.807, 2.05) is 6.92 Å². The highest BCUT2D eigenvalue weighted by atomic mass is 32.1. The number of hydrogen-bond donors (Lipinski definition) is 1. The normalized spacial score (nSPS) is 17.2. The third kappa shape index (κ3) is 2.01. The second-order valence-corrected chi connectivity index (χ2v) is 6.66. The molecule has 0 bridgehead atoms. The van der Waals surface area contributed by atoms with Crippen LogP contribution in [0.3, 0.4) is 0 Å². The lowest BCUT2D eigenvalue weighted by atomic mass is 10.1. The van der Waals surface area contributed by atoms with Crippen LogP contribution in [0.1, 0.15) is 23.5 Å². The number of nitrogens with one attached hydrogen (secondary N) is 1.